The van der Waals surface area contributed by atoms with Crippen molar-refractivity contribution in [3.8, 4) is 0 Å². The molecule has 0 saturated carbocycles. The number of phosphoric acid groups is 1. The van der Waals surface area contributed by atoms with E-state index in [0.29, 0.717) is 12.8 Å². The number of aliphatic hydroxyl groups is 2. The molecule has 0 aromatic rings. The zero-order chi connectivity index (χ0) is 31.3. The Hall–Kier alpha value is -1.03. The highest BCUT2D eigenvalue weighted by Crippen LogP contribution is 2.43. The molecule has 0 rings (SSSR count). The van der Waals surface area contributed by atoms with Crippen LogP contribution in [-0.4, -0.2) is 65.7 Å². The van der Waals surface area contributed by atoms with Gasteiger partial charge < -0.3 is 24.6 Å². The van der Waals surface area contributed by atoms with Gasteiger partial charge >= 0.3 is 19.8 Å². The van der Waals surface area contributed by atoms with Crippen LogP contribution in [0.25, 0.3) is 0 Å². The summed E-state index contributed by atoms with van der Waals surface area (Å²) in [4.78, 5) is 34.5. The summed E-state index contributed by atoms with van der Waals surface area (Å²) < 4.78 is 32.3. The molecule has 0 heterocycles. The van der Waals surface area contributed by atoms with Crippen LogP contribution in [-0.2, 0) is 32.7 Å². The number of ether oxygens (including phenoxy) is 2. The topological polar surface area (TPSA) is 149 Å². The summed E-state index contributed by atoms with van der Waals surface area (Å²) in [5.74, 6) is -0.926. The molecule has 0 spiro atoms. The van der Waals surface area contributed by atoms with Crippen LogP contribution in [0.3, 0.4) is 0 Å². The predicted molar refractivity (Wildman–Crippen MR) is 164 cm³/mol. The Labute approximate surface area is 254 Å². The number of esters is 2. The second-order valence-electron chi connectivity index (χ2n) is 11.2. The van der Waals surface area contributed by atoms with Gasteiger partial charge in [0, 0.05) is 12.8 Å². The van der Waals surface area contributed by atoms with E-state index in [2.05, 4.69) is 18.4 Å². The van der Waals surface area contributed by atoms with Crippen molar-refractivity contribution in [1.82, 2.24) is 0 Å². The van der Waals surface area contributed by atoms with Gasteiger partial charge in [-0.3, -0.25) is 18.6 Å². The van der Waals surface area contributed by atoms with E-state index in [1.807, 2.05) is 0 Å². The first kappa shape index (κ1) is 41.0. The highest BCUT2D eigenvalue weighted by atomic mass is 31.2. The van der Waals surface area contributed by atoms with Crippen LogP contribution >= 0.6 is 7.82 Å². The van der Waals surface area contributed by atoms with E-state index in [-0.39, 0.29) is 19.4 Å². The van der Waals surface area contributed by atoms with Crippen LogP contribution in [0.2, 0.25) is 0 Å². The highest BCUT2D eigenvalue weighted by molar-refractivity contribution is 7.47. The van der Waals surface area contributed by atoms with Crippen LogP contribution in [0, 0.1) is 0 Å². The van der Waals surface area contributed by atoms with Crippen LogP contribution in [0.5, 0.6) is 0 Å². The van der Waals surface area contributed by atoms with E-state index in [0.717, 1.165) is 38.5 Å². The molecular weight excluding hydrogens is 563 g/mol. The monoisotopic (exact) mass is 624 g/mol. The molecule has 3 atom stereocenters. The van der Waals surface area contributed by atoms with Crippen molar-refractivity contribution in [2.75, 3.05) is 26.4 Å². The summed E-state index contributed by atoms with van der Waals surface area (Å²) in [6.07, 6.45) is 19.5. The average Bonchev–Trinajstić information content (AvgIpc) is 2.97. The maximum atomic E-state index is 12.4. The summed E-state index contributed by atoms with van der Waals surface area (Å²) in [7, 11) is -4.59. The molecule has 0 aliphatic heterocycles. The van der Waals surface area contributed by atoms with Gasteiger partial charge in [-0.15, -0.1) is 0 Å². The van der Waals surface area contributed by atoms with Gasteiger partial charge in [-0.2, -0.15) is 0 Å². The lowest BCUT2D eigenvalue weighted by Gasteiger charge is -2.20. The minimum absolute atomic E-state index is 0.189. The number of aliphatic hydroxyl groups excluding tert-OH is 2. The van der Waals surface area contributed by atoms with Crippen molar-refractivity contribution in [3.63, 3.8) is 0 Å². The van der Waals surface area contributed by atoms with Crippen molar-refractivity contribution in [1.29, 1.82) is 0 Å². The van der Waals surface area contributed by atoms with Crippen LogP contribution in [0.15, 0.2) is 0 Å². The summed E-state index contributed by atoms with van der Waals surface area (Å²) in [6.45, 7) is 2.31. The van der Waals surface area contributed by atoms with Crippen molar-refractivity contribution >= 4 is 19.8 Å². The molecule has 11 heteroatoms. The SMILES string of the molecule is CCCCCCCCCCCCCC(=O)OC[C@H](COP(=O)(O)OC[C@@H](O)CO)OC(=O)CCCCCCCCCC. The van der Waals surface area contributed by atoms with E-state index in [1.54, 1.807) is 0 Å². The third kappa shape index (κ3) is 27.8. The molecule has 250 valence electrons. The molecule has 1 unspecified atom stereocenters. The maximum absolute atomic E-state index is 12.4. The lowest BCUT2D eigenvalue weighted by atomic mass is 10.1. The number of hydrogen-bond acceptors (Lipinski definition) is 9. The number of carbonyl (C=O) groups excluding carboxylic acids is 2. The van der Waals surface area contributed by atoms with Crippen LogP contribution < -0.4 is 0 Å². The minimum atomic E-state index is -4.59. The summed E-state index contributed by atoms with van der Waals surface area (Å²) >= 11 is 0. The number of hydrogen-bond donors (Lipinski definition) is 3. The first-order valence-corrected chi connectivity index (χ1v) is 18.0. The van der Waals surface area contributed by atoms with Gasteiger partial charge in [0.2, 0.25) is 0 Å². The Balaban J connectivity index is 4.42. The molecule has 0 amide bonds. The lowest BCUT2D eigenvalue weighted by molar-refractivity contribution is -0.161. The first-order chi connectivity index (χ1) is 20.2. The quantitative estimate of drug-likeness (QED) is 0.0412. The average molecular weight is 625 g/mol. The number of phosphoric ester groups is 1. The van der Waals surface area contributed by atoms with Gasteiger partial charge in [0.1, 0.15) is 12.7 Å². The van der Waals surface area contributed by atoms with E-state index in [9.17, 15) is 24.2 Å². The van der Waals surface area contributed by atoms with Crippen molar-refractivity contribution in [3.05, 3.63) is 0 Å². The molecule has 42 heavy (non-hydrogen) atoms. The van der Waals surface area contributed by atoms with E-state index in [4.69, 9.17) is 19.1 Å². The molecule has 0 aromatic carbocycles. The molecule has 0 saturated heterocycles. The molecule has 0 radical (unpaired) electrons. The normalized spacial score (nSPS) is 14.3. The lowest BCUT2D eigenvalue weighted by Crippen LogP contribution is -2.29. The number of rotatable bonds is 31. The highest BCUT2D eigenvalue weighted by Gasteiger charge is 2.27. The van der Waals surface area contributed by atoms with Gasteiger partial charge in [0.25, 0.3) is 0 Å². The smallest absolute Gasteiger partial charge is 0.462 e. The molecule has 0 aliphatic rings. The molecule has 3 N–H and O–H groups in total. The number of carbonyl (C=O) groups is 2. The van der Waals surface area contributed by atoms with Crippen molar-refractivity contribution in [2.45, 2.75) is 161 Å². The Bertz CT molecular complexity index is 691. The van der Waals surface area contributed by atoms with Gasteiger partial charge in [-0.25, -0.2) is 4.57 Å². The third-order valence-corrected chi connectivity index (χ3v) is 7.96. The Morgan fingerprint density at radius 2 is 1.02 bits per heavy atom. The van der Waals surface area contributed by atoms with Gasteiger partial charge in [-0.1, -0.05) is 123 Å². The Morgan fingerprint density at radius 3 is 1.48 bits per heavy atom. The molecular formula is C31H61O10P. The third-order valence-electron chi connectivity index (χ3n) is 7.01. The summed E-state index contributed by atoms with van der Waals surface area (Å²) in [5, 5.41) is 18.2. The zero-order valence-electron chi connectivity index (χ0n) is 26.5. The molecule has 10 nitrogen and oxygen atoms in total. The maximum Gasteiger partial charge on any atom is 0.472 e. The van der Waals surface area contributed by atoms with E-state index < -0.39 is 51.8 Å². The van der Waals surface area contributed by atoms with E-state index in [1.165, 1.54) is 70.6 Å². The molecule has 0 bridgehead atoms. The molecule has 0 aromatic heterocycles. The second-order valence-corrected chi connectivity index (χ2v) is 12.7. The van der Waals surface area contributed by atoms with Crippen LogP contribution in [0.4, 0.5) is 0 Å². The first-order valence-electron chi connectivity index (χ1n) is 16.5. The zero-order valence-corrected chi connectivity index (χ0v) is 27.4. The summed E-state index contributed by atoms with van der Waals surface area (Å²) in [5.41, 5.74) is 0. The van der Waals surface area contributed by atoms with Crippen molar-refractivity contribution < 1.29 is 47.8 Å². The summed E-state index contributed by atoms with van der Waals surface area (Å²) in [6, 6.07) is 0. The number of unbranched alkanes of at least 4 members (excludes halogenated alkanes) is 17. The Kier molecular flexibility index (Phi) is 28.0. The Morgan fingerprint density at radius 1 is 0.619 bits per heavy atom. The second kappa shape index (κ2) is 28.7. The molecule has 0 fully saturated rings. The fraction of sp³-hybridized carbons (Fsp3) is 0.935. The van der Waals surface area contributed by atoms with Gasteiger partial charge in [0.15, 0.2) is 6.10 Å². The fourth-order valence-electron chi connectivity index (χ4n) is 4.40. The van der Waals surface area contributed by atoms with Gasteiger partial charge in [-0.05, 0) is 12.8 Å². The molecule has 0 aliphatic carbocycles. The van der Waals surface area contributed by atoms with Crippen LogP contribution in [0.1, 0.15) is 149 Å². The standard InChI is InChI=1S/C31H61O10P/c1-3-5-7-9-11-13-14-15-17-18-20-22-30(34)38-26-29(27-40-42(36,37)39-25-28(33)24-32)41-31(35)23-21-19-16-12-10-8-6-4-2/h28-29,32-33H,3-27H2,1-2H3,(H,36,37)/t28-,29+/m0/s1. The predicted octanol–water partition coefficient (Wildman–Crippen LogP) is 7.16. The van der Waals surface area contributed by atoms with Crippen molar-refractivity contribution in [2.24, 2.45) is 0 Å². The fourth-order valence-corrected chi connectivity index (χ4v) is 5.19. The van der Waals surface area contributed by atoms with Gasteiger partial charge in [0.05, 0.1) is 19.8 Å². The largest absolute Gasteiger partial charge is 0.472 e. The minimum Gasteiger partial charge on any atom is -0.462 e. The van der Waals surface area contributed by atoms with E-state index >= 15 is 0 Å².